The first kappa shape index (κ1) is 18.3. The zero-order chi connectivity index (χ0) is 19.8. The summed E-state index contributed by atoms with van der Waals surface area (Å²) in [4.78, 5) is 15.6. The number of nitrogens with zero attached hydrogens (tertiary/aromatic N) is 2. The van der Waals surface area contributed by atoms with E-state index in [2.05, 4.69) is 63.6 Å². The number of nitrogens with one attached hydrogen (secondary N) is 1. The number of rotatable bonds is 5. The van der Waals surface area contributed by atoms with Gasteiger partial charge in [0.25, 0.3) is 0 Å². The van der Waals surface area contributed by atoms with Crippen LogP contribution in [0.1, 0.15) is 23.5 Å². The second-order valence-corrected chi connectivity index (χ2v) is 8.34. The molecule has 0 saturated carbocycles. The van der Waals surface area contributed by atoms with Gasteiger partial charge in [-0.15, -0.1) is 0 Å². The van der Waals surface area contributed by atoms with Crippen LogP contribution < -0.4 is 15.0 Å². The molecule has 2 aromatic rings. The summed E-state index contributed by atoms with van der Waals surface area (Å²) in [5, 5.41) is 11.5. The van der Waals surface area contributed by atoms with Crippen molar-refractivity contribution in [2.45, 2.75) is 30.8 Å². The summed E-state index contributed by atoms with van der Waals surface area (Å²) in [7, 11) is 0. The maximum absolute atomic E-state index is 10.8. The van der Waals surface area contributed by atoms with Gasteiger partial charge in [-0.3, -0.25) is 4.90 Å². The number of benzene rings is 2. The molecule has 152 valence electrons. The Labute approximate surface area is 171 Å². The Bertz CT molecular complexity index is 878. The Balaban J connectivity index is 1.40. The van der Waals surface area contributed by atoms with E-state index < -0.39 is 6.09 Å². The number of fused-ring (bicyclic) bond motifs is 1. The van der Waals surface area contributed by atoms with Gasteiger partial charge in [-0.2, -0.15) is 0 Å². The molecule has 0 aromatic heterocycles. The lowest BCUT2D eigenvalue weighted by atomic mass is 9.82. The molecule has 0 radical (unpaired) electrons. The standard InChI is InChI=1S/C23H27N3O3/c27-23(28)24-17-13-26(14-17)18-7-8-22-20(12-18)19(11-16-5-2-1-3-6-16)21(15-29-22)25-9-4-10-25/h1-3,5-8,12,17,19,21,24H,4,9-11,13-15H2,(H,27,28). The Morgan fingerprint density at radius 1 is 1.14 bits per heavy atom. The maximum Gasteiger partial charge on any atom is 0.405 e. The van der Waals surface area contributed by atoms with Gasteiger partial charge in [0.15, 0.2) is 0 Å². The highest BCUT2D eigenvalue weighted by atomic mass is 16.5. The van der Waals surface area contributed by atoms with Gasteiger partial charge in [-0.25, -0.2) is 4.79 Å². The van der Waals surface area contributed by atoms with Gasteiger partial charge < -0.3 is 20.1 Å². The number of ether oxygens (including phenoxy) is 1. The quantitative estimate of drug-likeness (QED) is 0.818. The van der Waals surface area contributed by atoms with Crippen molar-refractivity contribution in [1.29, 1.82) is 0 Å². The summed E-state index contributed by atoms with van der Waals surface area (Å²) in [6, 6.07) is 17.6. The van der Waals surface area contributed by atoms with E-state index in [1.54, 1.807) is 0 Å². The molecule has 3 aliphatic heterocycles. The van der Waals surface area contributed by atoms with Crippen LogP contribution in [0.15, 0.2) is 48.5 Å². The summed E-state index contributed by atoms with van der Waals surface area (Å²) in [5.74, 6) is 1.39. The highest BCUT2D eigenvalue weighted by Crippen LogP contribution is 2.41. The normalized spacial score (nSPS) is 24.1. The Hall–Kier alpha value is -2.73. The summed E-state index contributed by atoms with van der Waals surface area (Å²) in [6.45, 7) is 4.49. The molecule has 0 aliphatic carbocycles. The average molecular weight is 393 g/mol. The van der Waals surface area contributed by atoms with E-state index in [-0.39, 0.29) is 6.04 Å². The molecule has 2 unspecified atom stereocenters. The van der Waals surface area contributed by atoms with Crippen LogP contribution in [0.4, 0.5) is 10.5 Å². The van der Waals surface area contributed by atoms with E-state index in [4.69, 9.17) is 9.84 Å². The molecular weight excluding hydrogens is 366 g/mol. The highest BCUT2D eigenvalue weighted by Gasteiger charge is 2.38. The van der Waals surface area contributed by atoms with Crippen LogP contribution in [-0.4, -0.2) is 61.0 Å². The number of amides is 1. The molecule has 3 heterocycles. The minimum absolute atomic E-state index is 0.00809. The fourth-order valence-electron chi connectivity index (χ4n) is 4.75. The third kappa shape index (κ3) is 3.65. The van der Waals surface area contributed by atoms with Gasteiger partial charge in [-0.1, -0.05) is 30.3 Å². The average Bonchev–Trinajstić information content (AvgIpc) is 2.65. The molecular formula is C23H27N3O3. The van der Waals surface area contributed by atoms with Crippen LogP contribution in [0.3, 0.4) is 0 Å². The van der Waals surface area contributed by atoms with Crippen LogP contribution in [0.2, 0.25) is 0 Å². The molecule has 2 N–H and O–H groups in total. The molecule has 2 atom stereocenters. The highest BCUT2D eigenvalue weighted by molar-refractivity contribution is 5.66. The molecule has 2 fully saturated rings. The Morgan fingerprint density at radius 2 is 1.93 bits per heavy atom. The SMILES string of the molecule is O=C(O)NC1CN(c2ccc3c(c2)C(Cc2ccccc2)C(N2CCC2)CO3)C1. The first-order chi connectivity index (χ1) is 14.2. The summed E-state index contributed by atoms with van der Waals surface area (Å²) in [5.41, 5.74) is 3.79. The molecule has 0 bridgehead atoms. The minimum Gasteiger partial charge on any atom is -0.492 e. The number of anilines is 1. The van der Waals surface area contributed by atoms with Gasteiger partial charge in [-0.05, 0) is 49.7 Å². The topological polar surface area (TPSA) is 65.0 Å². The number of likely N-dealkylation sites (tertiary alicyclic amines) is 1. The Morgan fingerprint density at radius 3 is 2.62 bits per heavy atom. The first-order valence-corrected chi connectivity index (χ1v) is 10.5. The predicted molar refractivity (Wildman–Crippen MR) is 112 cm³/mol. The molecule has 2 aromatic carbocycles. The van der Waals surface area contributed by atoms with Crippen molar-refractivity contribution in [1.82, 2.24) is 10.2 Å². The van der Waals surface area contributed by atoms with Gasteiger partial charge in [0, 0.05) is 30.3 Å². The van der Waals surface area contributed by atoms with E-state index in [9.17, 15) is 4.79 Å². The zero-order valence-electron chi connectivity index (χ0n) is 16.5. The van der Waals surface area contributed by atoms with E-state index in [1.165, 1.54) is 17.5 Å². The lowest BCUT2D eigenvalue weighted by Gasteiger charge is -2.46. The lowest BCUT2D eigenvalue weighted by molar-refractivity contribution is 0.0502. The van der Waals surface area contributed by atoms with Gasteiger partial charge in [0.1, 0.15) is 12.4 Å². The maximum atomic E-state index is 10.8. The van der Waals surface area contributed by atoms with Crippen molar-refractivity contribution in [3.05, 3.63) is 59.7 Å². The lowest BCUT2D eigenvalue weighted by Crippen LogP contribution is -2.59. The van der Waals surface area contributed by atoms with E-state index in [0.717, 1.165) is 37.6 Å². The predicted octanol–water partition coefficient (Wildman–Crippen LogP) is 2.94. The summed E-state index contributed by atoms with van der Waals surface area (Å²) < 4.78 is 6.17. The molecule has 0 spiro atoms. The molecule has 3 aliphatic rings. The molecule has 2 saturated heterocycles. The zero-order valence-corrected chi connectivity index (χ0v) is 16.5. The molecule has 29 heavy (non-hydrogen) atoms. The molecule has 6 heteroatoms. The van der Waals surface area contributed by atoms with Crippen LogP contribution in [0.25, 0.3) is 0 Å². The van der Waals surface area contributed by atoms with E-state index in [1.807, 2.05) is 0 Å². The van der Waals surface area contributed by atoms with Crippen molar-refractivity contribution < 1.29 is 14.6 Å². The summed E-state index contributed by atoms with van der Waals surface area (Å²) in [6.07, 6.45) is 1.33. The van der Waals surface area contributed by atoms with Crippen molar-refractivity contribution >= 4 is 11.8 Å². The Kier molecular flexibility index (Phi) is 4.79. The van der Waals surface area contributed by atoms with Crippen molar-refractivity contribution in [2.24, 2.45) is 0 Å². The molecule has 6 nitrogen and oxygen atoms in total. The van der Waals surface area contributed by atoms with Gasteiger partial charge in [0.05, 0.1) is 12.1 Å². The van der Waals surface area contributed by atoms with Crippen LogP contribution >= 0.6 is 0 Å². The second kappa shape index (κ2) is 7.59. The van der Waals surface area contributed by atoms with Crippen LogP contribution in [0.5, 0.6) is 5.75 Å². The number of hydrogen-bond acceptors (Lipinski definition) is 4. The van der Waals surface area contributed by atoms with Crippen LogP contribution in [0, 0.1) is 0 Å². The van der Waals surface area contributed by atoms with Crippen molar-refractivity contribution in [2.75, 3.05) is 37.7 Å². The molecule has 5 rings (SSSR count). The summed E-state index contributed by atoms with van der Waals surface area (Å²) >= 11 is 0. The second-order valence-electron chi connectivity index (χ2n) is 8.34. The number of carbonyl (C=O) groups is 1. The number of carboxylic acid groups (broad SMARTS) is 1. The third-order valence-electron chi connectivity index (χ3n) is 6.50. The van der Waals surface area contributed by atoms with Crippen molar-refractivity contribution in [3.8, 4) is 5.75 Å². The number of hydrogen-bond donors (Lipinski definition) is 2. The van der Waals surface area contributed by atoms with Crippen molar-refractivity contribution in [3.63, 3.8) is 0 Å². The molecule has 1 amide bonds. The van der Waals surface area contributed by atoms with Gasteiger partial charge >= 0.3 is 6.09 Å². The van der Waals surface area contributed by atoms with E-state index in [0.29, 0.717) is 25.0 Å². The first-order valence-electron chi connectivity index (χ1n) is 10.5. The third-order valence-corrected chi connectivity index (χ3v) is 6.50. The van der Waals surface area contributed by atoms with Crippen LogP contribution in [-0.2, 0) is 6.42 Å². The largest absolute Gasteiger partial charge is 0.492 e. The van der Waals surface area contributed by atoms with Gasteiger partial charge in [0.2, 0.25) is 0 Å². The van der Waals surface area contributed by atoms with E-state index >= 15 is 0 Å². The minimum atomic E-state index is -0.950. The fourth-order valence-corrected chi connectivity index (χ4v) is 4.75. The smallest absolute Gasteiger partial charge is 0.405 e. The fraction of sp³-hybridized carbons (Fsp3) is 0.435. The monoisotopic (exact) mass is 393 g/mol.